The second kappa shape index (κ2) is 19.8. The van der Waals surface area contributed by atoms with Crippen molar-refractivity contribution in [1.29, 1.82) is 0 Å². The van der Waals surface area contributed by atoms with Gasteiger partial charge in [0.1, 0.15) is 0 Å². The largest absolute Gasteiger partial charge is 0.490 e. The lowest BCUT2D eigenvalue weighted by molar-refractivity contribution is -0.193. The minimum absolute atomic E-state index is 0.263. The number of hydrogen-bond donors (Lipinski definition) is 2. The molecule has 2 aromatic heterocycles. The molecule has 0 spiro atoms. The fraction of sp³-hybridized carbons (Fsp3) is 0.244. The van der Waals surface area contributed by atoms with E-state index in [1.54, 1.807) is 73.8 Å². The SMILES string of the molecule is Cc1ccccc1S(=O)(=O)n1ccc2c(C=O)cccc21.Cc1ccccc1S(=O)(=O)n1ccc2c(CN3CCN(C)CC3)cccc21.O=C(O)C(F)(F)F.O=C(O)C(F)(F)F. The van der Waals surface area contributed by atoms with Gasteiger partial charge in [-0.15, -0.1) is 0 Å². The number of nitrogens with zero attached hydrogens (tertiary/aromatic N) is 4. The average Bonchev–Trinajstić information content (AvgIpc) is 3.86. The van der Waals surface area contributed by atoms with Crippen molar-refractivity contribution in [3.8, 4) is 0 Å². The van der Waals surface area contributed by atoms with E-state index in [2.05, 4.69) is 22.9 Å². The van der Waals surface area contributed by atoms with E-state index < -0.39 is 44.3 Å². The highest BCUT2D eigenvalue weighted by atomic mass is 32.2. The van der Waals surface area contributed by atoms with Crippen LogP contribution in [0.5, 0.6) is 0 Å². The van der Waals surface area contributed by atoms with Crippen molar-refractivity contribution in [2.45, 2.75) is 42.5 Å². The van der Waals surface area contributed by atoms with E-state index in [0.29, 0.717) is 26.9 Å². The predicted molar refractivity (Wildman–Crippen MR) is 217 cm³/mol. The third kappa shape index (κ3) is 11.7. The second-order valence-electron chi connectivity index (χ2n) is 13.7. The van der Waals surface area contributed by atoms with Crippen LogP contribution in [0.4, 0.5) is 26.3 Å². The summed E-state index contributed by atoms with van der Waals surface area (Å²) in [4.78, 5) is 34.2. The zero-order valence-electron chi connectivity index (χ0n) is 33.1. The first-order valence-corrected chi connectivity index (χ1v) is 21.1. The molecule has 0 radical (unpaired) electrons. The van der Waals surface area contributed by atoms with Gasteiger partial charge in [0.15, 0.2) is 6.29 Å². The van der Waals surface area contributed by atoms with Crippen LogP contribution in [0, 0.1) is 13.8 Å². The summed E-state index contributed by atoms with van der Waals surface area (Å²) in [7, 11) is -5.14. The van der Waals surface area contributed by atoms with Gasteiger partial charge in [-0.3, -0.25) is 9.69 Å². The summed E-state index contributed by atoms with van der Waals surface area (Å²) in [6, 6.07) is 28.5. The summed E-state index contributed by atoms with van der Waals surface area (Å²) in [6.45, 7) is 8.65. The molecule has 62 heavy (non-hydrogen) atoms. The number of aliphatic carboxylic acids is 2. The molecule has 1 aliphatic rings. The van der Waals surface area contributed by atoms with E-state index in [1.165, 1.54) is 19.7 Å². The molecule has 332 valence electrons. The van der Waals surface area contributed by atoms with Crippen LogP contribution in [-0.2, 0) is 36.2 Å². The highest BCUT2D eigenvalue weighted by Crippen LogP contribution is 2.28. The van der Waals surface area contributed by atoms with Gasteiger partial charge in [0.2, 0.25) is 0 Å². The number of hydrogen-bond acceptors (Lipinski definition) is 9. The van der Waals surface area contributed by atoms with Crippen molar-refractivity contribution in [1.82, 2.24) is 17.7 Å². The Bertz CT molecular complexity index is 2750. The van der Waals surface area contributed by atoms with Crippen LogP contribution in [-0.4, -0.2) is 109 Å². The summed E-state index contributed by atoms with van der Waals surface area (Å²) >= 11 is 0. The van der Waals surface area contributed by atoms with E-state index in [0.717, 1.165) is 55.5 Å². The van der Waals surface area contributed by atoms with E-state index >= 15 is 0 Å². The molecule has 1 fully saturated rings. The molecule has 0 atom stereocenters. The summed E-state index contributed by atoms with van der Waals surface area (Å²) in [6.07, 6.45) is -6.27. The fourth-order valence-corrected chi connectivity index (χ4v) is 9.34. The smallest absolute Gasteiger partial charge is 0.475 e. The molecule has 21 heteroatoms. The quantitative estimate of drug-likeness (QED) is 0.122. The zero-order valence-corrected chi connectivity index (χ0v) is 34.8. The van der Waals surface area contributed by atoms with Gasteiger partial charge in [-0.25, -0.2) is 34.4 Å². The topological polar surface area (TPSA) is 176 Å². The summed E-state index contributed by atoms with van der Waals surface area (Å²) in [5.41, 5.74) is 4.34. The van der Waals surface area contributed by atoms with Gasteiger partial charge >= 0.3 is 24.3 Å². The molecule has 0 unspecified atom stereocenters. The predicted octanol–water partition coefficient (Wildman–Crippen LogP) is 7.20. The van der Waals surface area contributed by atoms with Gasteiger partial charge in [-0.05, 0) is 74.0 Å². The Morgan fingerprint density at radius 2 is 1.02 bits per heavy atom. The number of aldehydes is 1. The average molecular weight is 911 g/mol. The van der Waals surface area contributed by atoms with E-state index in [-0.39, 0.29) is 4.90 Å². The molecular formula is C41H40F6N4O9S2. The summed E-state index contributed by atoms with van der Waals surface area (Å²) in [5.74, 6) is -5.51. The van der Waals surface area contributed by atoms with E-state index in [4.69, 9.17) is 19.8 Å². The number of fused-ring (bicyclic) bond motifs is 2. The van der Waals surface area contributed by atoms with Crippen molar-refractivity contribution in [3.63, 3.8) is 0 Å². The summed E-state index contributed by atoms with van der Waals surface area (Å²) in [5, 5.41) is 15.9. The van der Waals surface area contributed by atoms with Crippen molar-refractivity contribution < 1.29 is 67.8 Å². The number of halogens is 6. The van der Waals surface area contributed by atoms with Gasteiger partial charge in [0, 0.05) is 61.5 Å². The number of likely N-dealkylation sites (N-methyl/N-ethyl adjacent to an activating group) is 1. The molecule has 1 aliphatic heterocycles. The van der Waals surface area contributed by atoms with Crippen LogP contribution >= 0.6 is 0 Å². The molecule has 3 heterocycles. The normalized spacial score (nSPS) is 13.8. The van der Waals surface area contributed by atoms with E-state index in [1.807, 2.05) is 37.3 Å². The monoisotopic (exact) mass is 910 g/mol. The van der Waals surface area contributed by atoms with Crippen molar-refractivity contribution in [2.75, 3.05) is 33.2 Å². The first-order chi connectivity index (χ1) is 28.9. The molecular weight excluding hydrogens is 871 g/mol. The zero-order chi connectivity index (χ0) is 46.2. The van der Waals surface area contributed by atoms with Crippen LogP contribution in [0.15, 0.2) is 119 Å². The molecule has 0 saturated carbocycles. The number of carboxylic acid groups (broad SMARTS) is 2. The number of aryl methyl sites for hydroxylation is 2. The molecule has 1 saturated heterocycles. The Morgan fingerprint density at radius 3 is 1.44 bits per heavy atom. The van der Waals surface area contributed by atoms with Gasteiger partial charge in [0.05, 0.1) is 20.8 Å². The first kappa shape index (κ1) is 48.6. The van der Waals surface area contributed by atoms with Crippen molar-refractivity contribution >= 4 is 60.1 Å². The van der Waals surface area contributed by atoms with Gasteiger partial charge in [-0.2, -0.15) is 26.3 Å². The highest BCUT2D eigenvalue weighted by Gasteiger charge is 2.39. The Labute approximate surface area is 352 Å². The number of benzene rings is 4. The Kier molecular flexibility index (Phi) is 15.5. The molecule has 2 N–H and O–H groups in total. The third-order valence-electron chi connectivity index (χ3n) is 9.38. The molecule has 0 amide bonds. The van der Waals surface area contributed by atoms with Crippen LogP contribution in [0.2, 0.25) is 0 Å². The number of alkyl halides is 6. The number of aromatic nitrogens is 2. The molecule has 0 bridgehead atoms. The van der Waals surface area contributed by atoms with Gasteiger partial charge in [0.25, 0.3) is 20.0 Å². The second-order valence-corrected chi connectivity index (χ2v) is 17.3. The minimum atomic E-state index is -5.08. The first-order valence-electron chi connectivity index (χ1n) is 18.2. The summed E-state index contributed by atoms with van der Waals surface area (Å²) < 4.78 is 118. The maximum absolute atomic E-state index is 13.2. The molecule has 6 aromatic rings. The van der Waals surface area contributed by atoms with Gasteiger partial charge < -0.3 is 15.1 Å². The molecule has 7 rings (SSSR count). The number of rotatable bonds is 7. The molecule has 13 nitrogen and oxygen atoms in total. The lowest BCUT2D eigenvalue weighted by Crippen LogP contribution is -2.43. The maximum Gasteiger partial charge on any atom is 0.490 e. The van der Waals surface area contributed by atoms with Crippen LogP contribution in [0.3, 0.4) is 0 Å². The highest BCUT2D eigenvalue weighted by molar-refractivity contribution is 7.90. The number of carboxylic acids is 2. The number of carbonyl (C=O) groups is 3. The lowest BCUT2D eigenvalue weighted by atomic mass is 10.1. The van der Waals surface area contributed by atoms with Crippen LogP contribution < -0.4 is 0 Å². The third-order valence-corrected chi connectivity index (χ3v) is 13.1. The van der Waals surface area contributed by atoms with Crippen molar-refractivity contribution in [3.05, 3.63) is 132 Å². The van der Waals surface area contributed by atoms with Crippen LogP contribution in [0.1, 0.15) is 27.0 Å². The standard InChI is InChI=1S/C21H25N3O2S.C16H13NO3S.2C2HF3O2/c1-17-6-3-4-9-21(17)27(25,26)24-11-10-19-18(7-5-8-20(19)24)16-23-14-12-22(2)13-15-23;1-12-5-2-3-8-16(12)21(19,20)17-10-9-14-13(11-18)6-4-7-15(14)17;2*3-2(4,5)1(6)7/h3-11H,12-16H2,1-2H3;2-11H,1H3;2*(H,6,7). The Morgan fingerprint density at radius 1 is 0.613 bits per heavy atom. The van der Waals surface area contributed by atoms with Gasteiger partial charge in [-0.1, -0.05) is 60.7 Å². The fourth-order valence-electron chi connectivity index (χ4n) is 6.18. The van der Waals surface area contributed by atoms with Crippen LogP contribution in [0.25, 0.3) is 21.8 Å². The molecule has 4 aromatic carbocycles. The Hall–Kier alpha value is -6.03. The lowest BCUT2D eigenvalue weighted by Gasteiger charge is -2.32. The minimum Gasteiger partial charge on any atom is -0.475 e. The number of carbonyl (C=O) groups excluding carboxylic acids is 1. The maximum atomic E-state index is 13.2. The van der Waals surface area contributed by atoms with Crippen molar-refractivity contribution in [2.24, 2.45) is 0 Å². The number of piperazine rings is 1. The van der Waals surface area contributed by atoms with E-state index in [9.17, 15) is 48.0 Å². The molecule has 0 aliphatic carbocycles. The Balaban J connectivity index is 0.000000213.